The maximum Gasteiger partial charge on any atom is 0.261 e. The Hall–Kier alpha value is -3.27. The fraction of sp³-hybridized carbons (Fsp3) is 0.240. The minimum absolute atomic E-state index is 0.141. The summed E-state index contributed by atoms with van der Waals surface area (Å²) in [4.78, 5) is 13.1. The van der Waals surface area contributed by atoms with Crippen molar-refractivity contribution in [3.8, 4) is 11.5 Å². The number of benzene rings is 3. The molecular weight excluding hydrogens is 362 g/mol. The molecule has 0 aliphatic carbocycles. The van der Waals surface area contributed by atoms with Crippen LogP contribution in [0.5, 0.6) is 11.5 Å². The zero-order valence-corrected chi connectivity index (χ0v) is 17.1. The lowest BCUT2D eigenvalue weighted by atomic mass is 9.97. The molecule has 1 amide bonds. The number of methoxy groups -OCH3 is 1. The highest BCUT2D eigenvalue weighted by Crippen LogP contribution is 2.24. The summed E-state index contributed by atoms with van der Waals surface area (Å²) in [6.45, 7) is 3.99. The standard InChI is InChI=1S/C25H27NO3/c1-4-23(29-22-16-14-21(28-3)15-17-22)25(27)26-24(19-8-6-5-7-9-19)20-12-10-18(2)11-13-20/h5-17,23-24H,4H2,1-3H3,(H,26,27)/t23-,24+/m1/s1. The van der Waals surface area contributed by atoms with Crippen LogP contribution in [-0.4, -0.2) is 19.1 Å². The minimum Gasteiger partial charge on any atom is -0.497 e. The second-order valence-electron chi connectivity index (χ2n) is 6.95. The number of amides is 1. The Bertz CT molecular complexity index is 905. The van der Waals surface area contributed by atoms with Crippen molar-refractivity contribution >= 4 is 5.91 Å². The van der Waals surface area contributed by atoms with Crippen molar-refractivity contribution in [2.75, 3.05) is 7.11 Å². The number of ether oxygens (including phenoxy) is 2. The Kier molecular flexibility index (Phi) is 6.90. The van der Waals surface area contributed by atoms with Gasteiger partial charge in [-0.3, -0.25) is 4.79 Å². The molecule has 0 radical (unpaired) electrons. The van der Waals surface area contributed by atoms with Crippen LogP contribution in [0.4, 0.5) is 0 Å². The number of carbonyl (C=O) groups is 1. The predicted octanol–water partition coefficient (Wildman–Crippen LogP) is 5.07. The number of hydrogen-bond acceptors (Lipinski definition) is 3. The highest BCUT2D eigenvalue weighted by atomic mass is 16.5. The van der Waals surface area contributed by atoms with Gasteiger partial charge >= 0.3 is 0 Å². The number of nitrogens with one attached hydrogen (secondary N) is 1. The van der Waals surface area contributed by atoms with Crippen LogP contribution in [0.3, 0.4) is 0 Å². The second kappa shape index (κ2) is 9.78. The molecule has 0 spiro atoms. The van der Waals surface area contributed by atoms with Crippen LogP contribution >= 0.6 is 0 Å². The molecule has 150 valence electrons. The van der Waals surface area contributed by atoms with Gasteiger partial charge in [0.2, 0.25) is 0 Å². The number of rotatable bonds is 8. The molecule has 1 N–H and O–H groups in total. The smallest absolute Gasteiger partial charge is 0.261 e. The van der Waals surface area contributed by atoms with Crippen LogP contribution < -0.4 is 14.8 Å². The van der Waals surface area contributed by atoms with Gasteiger partial charge in [-0.2, -0.15) is 0 Å². The molecule has 0 heterocycles. The Labute approximate surface area is 172 Å². The molecule has 0 saturated heterocycles. The average molecular weight is 389 g/mol. The summed E-state index contributed by atoms with van der Waals surface area (Å²) in [5.74, 6) is 1.25. The van der Waals surface area contributed by atoms with Crippen LogP contribution in [-0.2, 0) is 4.79 Å². The molecule has 4 heteroatoms. The summed E-state index contributed by atoms with van der Waals surface area (Å²) in [7, 11) is 1.62. The quantitative estimate of drug-likeness (QED) is 0.585. The van der Waals surface area contributed by atoms with Gasteiger partial charge < -0.3 is 14.8 Å². The molecular formula is C25H27NO3. The van der Waals surface area contributed by atoms with E-state index in [1.165, 1.54) is 5.56 Å². The third kappa shape index (κ3) is 5.38. The van der Waals surface area contributed by atoms with Gasteiger partial charge in [-0.1, -0.05) is 67.1 Å². The highest BCUT2D eigenvalue weighted by molar-refractivity contribution is 5.82. The zero-order valence-electron chi connectivity index (χ0n) is 17.1. The highest BCUT2D eigenvalue weighted by Gasteiger charge is 2.23. The van der Waals surface area contributed by atoms with Gasteiger partial charge in [-0.15, -0.1) is 0 Å². The van der Waals surface area contributed by atoms with Crippen LogP contribution in [0.15, 0.2) is 78.9 Å². The topological polar surface area (TPSA) is 47.6 Å². The van der Waals surface area contributed by atoms with E-state index in [4.69, 9.17) is 9.47 Å². The maximum atomic E-state index is 13.1. The van der Waals surface area contributed by atoms with Gasteiger partial charge in [0.15, 0.2) is 6.10 Å². The molecule has 0 bridgehead atoms. The monoisotopic (exact) mass is 389 g/mol. The van der Waals surface area contributed by atoms with E-state index < -0.39 is 6.10 Å². The van der Waals surface area contributed by atoms with Gasteiger partial charge in [-0.25, -0.2) is 0 Å². The normalized spacial score (nSPS) is 12.7. The van der Waals surface area contributed by atoms with E-state index in [0.29, 0.717) is 12.2 Å². The summed E-state index contributed by atoms with van der Waals surface area (Å²) < 4.78 is 11.1. The third-order valence-electron chi connectivity index (χ3n) is 4.83. The van der Waals surface area contributed by atoms with Crippen molar-refractivity contribution in [1.82, 2.24) is 5.32 Å². The van der Waals surface area contributed by atoms with E-state index in [2.05, 4.69) is 36.5 Å². The fourth-order valence-corrected chi connectivity index (χ4v) is 3.14. The van der Waals surface area contributed by atoms with E-state index >= 15 is 0 Å². The molecule has 0 unspecified atom stereocenters. The van der Waals surface area contributed by atoms with Crippen molar-refractivity contribution in [2.45, 2.75) is 32.4 Å². The Balaban J connectivity index is 1.79. The fourth-order valence-electron chi connectivity index (χ4n) is 3.14. The predicted molar refractivity (Wildman–Crippen MR) is 115 cm³/mol. The van der Waals surface area contributed by atoms with E-state index in [0.717, 1.165) is 16.9 Å². The molecule has 0 aliphatic heterocycles. The maximum absolute atomic E-state index is 13.1. The van der Waals surface area contributed by atoms with Gasteiger partial charge in [0.1, 0.15) is 11.5 Å². The lowest BCUT2D eigenvalue weighted by Crippen LogP contribution is -2.40. The van der Waals surface area contributed by atoms with Crippen molar-refractivity contribution in [3.05, 3.63) is 95.6 Å². The average Bonchev–Trinajstić information content (AvgIpc) is 2.77. The molecule has 2 atom stereocenters. The molecule has 0 fully saturated rings. The summed E-state index contributed by atoms with van der Waals surface area (Å²) in [5, 5.41) is 3.17. The van der Waals surface area contributed by atoms with Gasteiger partial charge in [0.25, 0.3) is 5.91 Å². The van der Waals surface area contributed by atoms with Crippen molar-refractivity contribution < 1.29 is 14.3 Å². The van der Waals surface area contributed by atoms with Crippen LogP contribution in [0.2, 0.25) is 0 Å². The first kappa shape index (κ1) is 20.5. The van der Waals surface area contributed by atoms with E-state index in [-0.39, 0.29) is 11.9 Å². The summed E-state index contributed by atoms with van der Waals surface area (Å²) in [6, 6.07) is 25.2. The molecule has 4 nitrogen and oxygen atoms in total. The number of hydrogen-bond donors (Lipinski definition) is 1. The van der Waals surface area contributed by atoms with Crippen molar-refractivity contribution in [3.63, 3.8) is 0 Å². The molecule has 0 aliphatic rings. The van der Waals surface area contributed by atoms with Crippen LogP contribution in [0.25, 0.3) is 0 Å². The summed E-state index contributed by atoms with van der Waals surface area (Å²) >= 11 is 0. The lowest BCUT2D eigenvalue weighted by molar-refractivity contribution is -0.128. The Morgan fingerprint density at radius 3 is 2.03 bits per heavy atom. The van der Waals surface area contributed by atoms with Crippen molar-refractivity contribution in [2.24, 2.45) is 0 Å². The number of carbonyl (C=O) groups excluding carboxylic acids is 1. The summed E-state index contributed by atoms with van der Waals surface area (Å²) in [6.07, 6.45) is -0.0205. The Morgan fingerprint density at radius 1 is 0.862 bits per heavy atom. The van der Waals surface area contributed by atoms with Crippen LogP contribution in [0.1, 0.15) is 36.1 Å². The molecule has 3 aromatic carbocycles. The van der Waals surface area contributed by atoms with Gasteiger partial charge in [0.05, 0.1) is 13.2 Å². The zero-order chi connectivity index (χ0) is 20.6. The largest absolute Gasteiger partial charge is 0.497 e. The van der Waals surface area contributed by atoms with Crippen molar-refractivity contribution in [1.29, 1.82) is 0 Å². The molecule has 3 aromatic rings. The first-order valence-corrected chi connectivity index (χ1v) is 9.83. The first-order valence-electron chi connectivity index (χ1n) is 9.83. The summed E-state index contributed by atoms with van der Waals surface area (Å²) in [5.41, 5.74) is 3.25. The lowest BCUT2D eigenvalue weighted by Gasteiger charge is -2.24. The van der Waals surface area contributed by atoms with Crippen LogP contribution in [0, 0.1) is 6.92 Å². The van der Waals surface area contributed by atoms with E-state index in [1.807, 2.05) is 61.5 Å². The molecule has 3 rings (SSSR count). The van der Waals surface area contributed by atoms with E-state index in [9.17, 15) is 4.79 Å². The third-order valence-corrected chi connectivity index (χ3v) is 4.83. The molecule has 0 saturated carbocycles. The van der Waals surface area contributed by atoms with E-state index in [1.54, 1.807) is 7.11 Å². The SMILES string of the molecule is CC[C@@H](Oc1ccc(OC)cc1)C(=O)N[C@@H](c1ccccc1)c1ccc(C)cc1. The Morgan fingerprint density at radius 2 is 1.45 bits per heavy atom. The first-order chi connectivity index (χ1) is 14.1. The molecule has 29 heavy (non-hydrogen) atoms. The number of aryl methyl sites for hydroxylation is 1. The van der Waals surface area contributed by atoms with Gasteiger partial charge in [0, 0.05) is 0 Å². The van der Waals surface area contributed by atoms with Gasteiger partial charge in [-0.05, 0) is 48.7 Å². The molecule has 0 aromatic heterocycles. The second-order valence-corrected chi connectivity index (χ2v) is 6.95. The minimum atomic E-state index is -0.583.